The van der Waals surface area contributed by atoms with E-state index in [1.54, 1.807) is 11.8 Å². The molecule has 2 atom stereocenters. The minimum absolute atomic E-state index is 0.103. The molecule has 0 spiro atoms. The lowest BCUT2D eigenvalue weighted by Gasteiger charge is -2.30. The standard InChI is InChI=1S/C15H21NOS/c1-15(10-6-12-18-15)17-14(9-11-16-2)13-7-4-3-5-8-13/h3-8,12,14,16H,9-11H2,1-2H3. The van der Waals surface area contributed by atoms with Crippen LogP contribution < -0.4 is 5.32 Å². The van der Waals surface area contributed by atoms with Gasteiger partial charge in [-0.15, -0.1) is 0 Å². The minimum Gasteiger partial charge on any atom is -0.356 e. The third kappa shape index (κ3) is 3.61. The molecule has 0 amide bonds. The first-order valence-corrected chi connectivity index (χ1v) is 7.32. The van der Waals surface area contributed by atoms with E-state index in [2.05, 4.69) is 48.0 Å². The summed E-state index contributed by atoms with van der Waals surface area (Å²) in [5, 5.41) is 5.34. The third-order valence-corrected chi connectivity index (χ3v) is 4.21. The van der Waals surface area contributed by atoms with Gasteiger partial charge in [-0.05, 0) is 37.9 Å². The molecule has 3 heteroatoms. The zero-order valence-electron chi connectivity index (χ0n) is 11.1. The average Bonchev–Trinajstić information content (AvgIpc) is 2.82. The Kier molecular flexibility index (Phi) is 4.87. The molecule has 0 aliphatic carbocycles. The van der Waals surface area contributed by atoms with Crippen LogP contribution in [0.3, 0.4) is 0 Å². The average molecular weight is 263 g/mol. The zero-order valence-corrected chi connectivity index (χ0v) is 11.9. The van der Waals surface area contributed by atoms with Crippen molar-refractivity contribution in [2.75, 3.05) is 13.6 Å². The quantitative estimate of drug-likeness (QED) is 0.845. The van der Waals surface area contributed by atoms with Crippen molar-refractivity contribution in [1.82, 2.24) is 5.32 Å². The van der Waals surface area contributed by atoms with Gasteiger partial charge in [-0.3, -0.25) is 0 Å². The van der Waals surface area contributed by atoms with Crippen LogP contribution in [0.2, 0.25) is 0 Å². The van der Waals surface area contributed by atoms with Crippen molar-refractivity contribution < 1.29 is 4.74 Å². The van der Waals surface area contributed by atoms with Crippen molar-refractivity contribution in [3.8, 4) is 0 Å². The van der Waals surface area contributed by atoms with Crippen molar-refractivity contribution >= 4 is 11.8 Å². The molecule has 1 aromatic carbocycles. The largest absolute Gasteiger partial charge is 0.356 e. The maximum absolute atomic E-state index is 6.35. The van der Waals surface area contributed by atoms with E-state index in [1.807, 2.05) is 13.1 Å². The van der Waals surface area contributed by atoms with Crippen molar-refractivity contribution in [2.24, 2.45) is 0 Å². The van der Waals surface area contributed by atoms with Gasteiger partial charge in [0.15, 0.2) is 0 Å². The normalized spacial score (nSPS) is 24.3. The summed E-state index contributed by atoms with van der Waals surface area (Å²) < 4.78 is 6.35. The van der Waals surface area contributed by atoms with Crippen molar-refractivity contribution in [2.45, 2.75) is 30.8 Å². The fourth-order valence-corrected chi connectivity index (χ4v) is 2.96. The Labute approximate surface area is 114 Å². The number of hydrogen-bond donors (Lipinski definition) is 1. The lowest BCUT2D eigenvalue weighted by molar-refractivity contribution is -0.0265. The summed E-state index contributed by atoms with van der Waals surface area (Å²) in [5.74, 6) is 0. The van der Waals surface area contributed by atoms with Gasteiger partial charge in [-0.1, -0.05) is 48.2 Å². The molecule has 1 heterocycles. The van der Waals surface area contributed by atoms with E-state index >= 15 is 0 Å². The predicted octanol–water partition coefficient (Wildman–Crippen LogP) is 3.72. The molecule has 2 unspecified atom stereocenters. The second-order valence-corrected chi connectivity index (χ2v) is 6.11. The number of rotatable bonds is 6. The van der Waals surface area contributed by atoms with Gasteiger partial charge in [0.2, 0.25) is 0 Å². The molecule has 0 radical (unpaired) electrons. The van der Waals surface area contributed by atoms with E-state index < -0.39 is 0 Å². The van der Waals surface area contributed by atoms with Gasteiger partial charge in [0.05, 0.1) is 6.10 Å². The first-order valence-electron chi connectivity index (χ1n) is 6.44. The second kappa shape index (κ2) is 6.41. The molecule has 0 aromatic heterocycles. The second-order valence-electron chi connectivity index (χ2n) is 4.74. The van der Waals surface area contributed by atoms with E-state index in [4.69, 9.17) is 4.74 Å². The number of ether oxygens (including phenoxy) is 1. The van der Waals surface area contributed by atoms with Gasteiger partial charge >= 0.3 is 0 Å². The fraction of sp³-hybridized carbons (Fsp3) is 0.467. The highest BCUT2D eigenvalue weighted by Crippen LogP contribution is 2.41. The predicted molar refractivity (Wildman–Crippen MR) is 78.6 cm³/mol. The zero-order chi connectivity index (χ0) is 12.8. The Morgan fingerprint density at radius 3 is 2.78 bits per heavy atom. The lowest BCUT2D eigenvalue weighted by atomic mass is 10.1. The van der Waals surface area contributed by atoms with Gasteiger partial charge in [-0.25, -0.2) is 0 Å². The monoisotopic (exact) mass is 263 g/mol. The molecular formula is C15H21NOS. The SMILES string of the molecule is CNCCC(OC1(C)CC=CS1)c1ccccc1. The summed E-state index contributed by atoms with van der Waals surface area (Å²) in [7, 11) is 1.98. The van der Waals surface area contributed by atoms with E-state index in [0.717, 1.165) is 19.4 Å². The van der Waals surface area contributed by atoms with Crippen molar-refractivity contribution in [3.63, 3.8) is 0 Å². The van der Waals surface area contributed by atoms with Crippen LogP contribution >= 0.6 is 11.8 Å². The Morgan fingerprint density at radius 1 is 1.39 bits per heavy atom. The van der Waals surface area contributed by atoms with Crippen molar-refractivity contribution in [1.29, 1.82) is 0 Å². The van der Waals surface area contributed by atoms with Crippen LogP contribution in [-0.4, -0.2) is 18.5 Å². The molecule has 0 bridgehead atoms. The molecule has 0 saturated carbocycles. The van der Waals surface area contributed by atoms with E-state index in [1.165, 1.54) is 5.56 Å². The molecule has 0 fully saturated rings. The molecule has 0 saturated heterocycles. The fourth-order valence-electron chi connectivity index (χ4n) is 2.12. The van der Waals surface area contributed by atoms with Gasteiger partial charge in [-0.2, -0.15) is 0 Å². The molecule has 18 heavy (non-hydrogen) atoms. The highest BCUT2D eigenvalue weighted by molar-refractivity contribution is 8.03. The van der Waals surface area contributed by atoms with Gasteiger partial charge < -0.3 is 10.1 Å². The topological polar surface area (TPSA) is 21.3 Å². The van der Waals surface area contributed by atoms with Crippen LogP contribution in [0.5, 0.6) is 0 Å². The first kappa shape index (κ1) is 13.7. The molecule has 98 valence electrons. The van der Waals surface area contributed by atoms with Crippen LogP contribution in [-0.2, 0) is 4.74 Å². The van der Waals surface area contributed by atoms with Crippen LogP contribution in [0.1, 0.15) is 31.4 Å². The maximum Gasteiger partial charge on any atom is 0.119 e. The van der Waals surface area contributed by atoms with E-state index in [0.29, 0.717) is 0 Å². The highest BCUT2D eigenvalue weighted by Gasteiger charge is 2.30. The smallest absolute Gasteiger partial charge is 0.119 e. The molecule has 1 aliphatic rings. The summed E-state index contributed by atoms with van der Waals surface area (Å²) >= 11 is 1.78. The van der Waals surface area contributed by atoms with Gasteiger partial charge in [0.25, 0.3) is 0 Å². The summed E-state index contributed by atoms with van der Waals surface area (Å²) in [5.41, 5.74) is 1.27. The van der Waals surface area contributed by atoms with Crippen LogP contribution in [0.25, 0.3) is 0 Å². The number of benzene rings is 1. The van der Waals surface area contributed by atoms with E-state index in [-0.39, 0.29) is 11.0 Å². The Hall–Kier alpha value is -0.770. The summed E-state index contributed by atoms with van der Waals surface area (Å²) in [6.07, 6.45) is 4.33. The maximum atomic E-state index is 6.35. The van der Waals surface area contributed by atoms with Gasteiger partial charge in [0, 0.05) is 6.42 Å². The Morgan fingerprint density at radius 2 is 2.17 bits per heavy atom. The van der Waals surface area contributed by atoms with Crippen molar-refractivity contribution in [3.05, 3.63) is 47.4 Å². The summed E-state index contributed by atoms with van der Waals surface area (Å²) in [6, 6.07) is 10.5. The molecule has 1 N–H and O–H groups in total. The summed E-state index contributed by atoms with van der Waals surface area (Å²) in [4.78, 5) is -0.103. The number of thioether (sulfide) groups is 1. The molecule has 2 rings (SSSR count). The van der Waals surface area contributed by atoms with Crippen LogP contribution in [0.15, 0.2) is 41.8 Å². The Balaban J connectivity index is 2.05. The summed E-state index contributed by atoms with van der Waals surface area (Å²) in [6.45, 7) is 3.14. The van der Waals surface area contributed by atoms with Crippen LogP contribution in [0, 0.1) is 0 Å². The molecule has 2 nitrogen and oxygen atoms in total. The Bertz CT molecular complexity index is 383. The van der Waals surface area contributed by atoms with Crippen LogP contribution in [0.4, 0.5) is 0 Å². The van der Waals surface area contributed by atoms with E-state index in [9.17, 15) is 0 Å². The molecular weight excluding hydrogens is 242 g/mol. The minimum atomic E-state index is -0.103. The first-order chi connectivity index (χ1) is 8.73. The molecule has 1 aromatic rings. The highest BCUT2D eigenvalue weighted by atomic mass is 32.2. The molecule has 1 aliphatic heterocycles. The van der Waals surface area contributed by atoms with Gasteiger partial charge in [0.1, 0.15) is 4.93 Å². The number of nitrogens with one attached hydrogen (secondary N) is 1. The lowest BCUT2D eigenvalue weighted by Crippen LogP contribution is -2.25. The third-order valence-electron chi connectivity index (χ3n) is 3.12. The number of hydrogen-bond acceptors (Lipinski definition) is 3.